The van der Waals surface area contributed by atoms with Crippen LogP contribution in [-0.4, -0.2) is 21.7 Å². The molecule has 1 N–H and O–H groups in total. The Bertz CT molecular complexity index is 543. The normalized spacial score (nSPS) is 9.88. The third kappa shape index (κ3) is 2.98. The van der Waals surface area contributed by atoms with E-state index in [-0.39, 0.29) is 0 Å². The minimum atomic E-state index is 0.509. The predicted octanol–water partition coefficient (Wildman–Crippen LogP) is 1.77. The van der Waals surface area contributed by atoms with Crippen molar-refractivity contribution in [2.75, 3.05) is 11.9 Å². The number of nitrogens with one attached hydrogen (secondary N) is 1. The number of nitrogens with zero attached hydrogens (tertiary/aromatic N) is 4. The molecule has 17 heavy (non-hydrogen) atoms. The molecule has 2 heterocycles. The lowest BCUT2D eigenvalue weighted by atomic mass is 10.3. The first kappa shape index (κ1) is 11.5. The van der Waals surface area contributed by atoms with Gasteiger partial charge in [-0.25, -0.2) is 4.98 Å². The minimum Gasteiger partial charge on any atom is -0.367 e. The molecule has 2 aromatic rings. The lowest BCUT2D eigenvalue weighted by Crippen LogP contribution is -2.08. The maximum absolute atomic E-state index is 8.87. The van der Waals surface area contributed by atoms with Crippen molar-refractivity contribution < 1.29 is 0 Å². The SMILES string of the molecule is Cc1nc(CCNc2nnccc2C#N)cs1. The van der Waals surface area contributed by atoms with Gasteiger partial charge in [0.05, 0.1) is 22.5 Å². The summed E-state index contributed by atoms with van der Waals surface area (Å²) in [7, 11) is 0. The van der Waals surface area contributed by atoms with Gasteiger partial charge in [0.25, 0.3) is 0 Å². The van der Waals surface area contributed by atoms with Crippen LogP contribution in [0.15, 0.2) is 17.6 Å². The first-order valence-corrected chi connectivity index (χ1v) is 6.04. The average molecular weight is 245 g/mol. The van der Waals surface area contributed by atoms with Gasteiger partial charge in [-0.2, -0.15) is 10.4 Å². The Balaban J connectivity index is 1.92. The van der Waals surface area contributed by atoms with Crippen molar-refractivity contribution >= 4 is 17.2 Å². The molecule has 0 saturated heterocycles. The molecule has 0 radical (unpaired) electrons. The zero-order chi connectivity index (χ0) is 12.1. The Morgan fingerprint density at radius 2 is 2.41 bits per heavy atom. The standard InChI is InChI=1S/C11H11N5S/c1-8-15-10(7-17-8)3-4-13-11-9(6-12)2-5-14-16-11/h2,5,7H,3-4H2,1H3,(H,13,16). The number of thiazole rings is 1. The first-order chi connectivity index (χ1) is 8.29. The zero-order valence-corrected chi connectivity index (χ0v) is 10.2. The van der Waals surface area contributed by atoms with Gasteiger partial charge in [0.2, 0.25) is 0 Å². The number of aryl methyl sites for hydroxylation is 1. The van der Waals surface area contributed by atoms with Crippen LogP contribution in [0.2, 0.25) is 0 Å². The molecule has 6 heteroatoms. The molecule has 0 fully saturated rings. The van der Waals surface area contributed by atoms with Crippen molar-refractivity contribution in [2.45, 2.75) is 13.3 Å². The van der Waals surface area contributed by atoms with E-state index >= 15 is 0 Å². The van der Waals surface area contributed by atoms with Crippen LogP contribution in [0.25, 0.3) is 0 Å². The molecule has 0 bridgehead atoms. The van der Waals surface area contributed by atoms with Crippen molar-refractivity contribution in [2.24, 2.45) is 0 Å². The summed E-state index contributed by atoms with van der Waals surface area (Å²) in [6, 6.07) is 3.71. The molecule has 0 aliphatic carbocycles. The number of anilines is 1. The Kier molecular flexibility index (Phi) is 3.62. The largest absolute Gasteiger partial charge is 0.367 e. The van der Waals surface area contributed by atoms with Crippen LogP contribution < -0.4 is 5.32 Å². The number of hydrogen-bond donors (Lipinski definition) is 1. The monoisotopic (exact) mass is 245 g/mol. The quantitative estimate of drug-likeness (QED) is 0.888. The van der Waals surface area contributed by atoms with E-state index in [0.29, 0.717) is 17.9 Å². The predicted molar refractivity (Wildman–Crippen MR) is 65.8 cm³/mol. The van der Waals surface area contributed by atoms with E-state index in [4.69, 9.17) is 5.26 Å². The Morgan fingerprint density at radius 1 is 1.53 bits per heavy atom. The van der Waals surface area contributed by atoms with Crippen LogP contribution in [0.1, 0.15) is 16.3 Å². The van der Waals surface area contributed by atoms with Gasteiger partial charge in [-0.05, 0) is 13.0 Å². The van der Waals surface area contributed by atoms with Crippen LogP contribution >= 0.6 is 11.3 Å². The van der Waals surface area contributed by atoms with Crippen LogP contribution in [-0.2, 0) is 6.42 Å². The second-order valence-electron chi connectivity index (χ2n) is 3.44. The maximum Gasteiger partial charge on any atom is 0.166 e. The number of aromatic nitrogens is 3. The summed E-state index contributed by atoms with van der Waals surface area (Å²) in [5.41, 5.74) is 1.57. The van der Waals surface area contributed by atoms with Crippen LogP contribution in [0, 0.1) is 18.3 Å². The van der Waals surface area contributed by atoms with Crippen molar-refractivity contribution in [3.05, 3.63) is 33.9 Å². The van der Waals surface area contributed by atoms with Gasteiger partial charge in [0.1, 0.15) is 6.07 Å². The summed E-state index contributed by atoms with van der Waals surface area (Å²) in [6.45, 7) is 2.68. The second kappa shape index (κ2) is 5.37. The van der Waals surface area contributed by atoms with Gasteiger partial charge in [-0.3, -0.25) is 0 Å². The highest BCUT2D eigenvalue weighted by Gasteiger charge is 2.03. The fourth-order valence-corrected chi connectivity index (χ4v) is 2.03. The summed E-state index contributed by atoms with van der Waals surface area (Å²) in [5.74, 6) is 0.530. The molecule has 0 amide bonds. The van der Waals surface area contributed by atoms with Crippen molar-refractivity contribution in [1.29, 1.82) is 5.26 Å². The van der Waals surface area contributed by atoms with E-state index in [1.165, 1.54) is 6.20 Å². The van der Waals surface area contributed by atoms with Gasteiger partial charge in [0, 0.05) is 18.3 Å². The molecule has 86 valence electrons. The highest BCUT2D eigenvalue weighted by atomic mass is 32.1. The smallest absolute Gasteiger partial charge is 0.166 e. The minimum absolute atomic E-state index is 0.509. The van der Waals surface area contributed by atoms with Crippen LogP contribution in [0.4, 0.5) is 5.82 Å². The van der Waals surface area contributed by atoms with E-state index in [2.05, 4.69) is 26.6 Å². The molecule has 0 aromatic carbocycles. The second-order valence-corrected chi connectivity index (χ2v) is 4.50. The number of rotatable bonds is 4. The van der Waals surface area contributed by atoms with E-state index < -0.39 is 0 Å². The summed E-state index contributed by atoms with van der Waals surface area (Å²) in [6.07, 6.45) is 2.32. The third-order valence-corrected chi connectivity index (χ3v) is 3.00. The van der Waals surface area contributed by atoms with Gasteiger partial charge in [0.15, 0.2) is 5.82 Å². The molecule has 0 unspecified atom stereocenters. The van der Waals surface area contributed by atoms with Gasteiger partial charge >= 0.3 is 0 Å². The van der Waals surface area contributed by atoms with Gasteiger partial charge in [-0.15, -0.1) is 16.4 Å². The molecule has 5 nitrogen and oxygen atoms in total. The summed E-state index contributed by atoms with van der Waals surface area (Å²) < 4.78 is 0. The van der Waals surface area contributed by atoms with E-state index in [1.54, 1.807) is 17.4 Å². The fraction of sp³-hybridized carbons (Fsp3) is 0.273. The molecular weight excluding hydrogens is 234 g/mol. The molecular formula is C11H11N5S. The van der Waals surface area contributed by atoms with E-state index in [9.17, 15) is 0 Å². The van der Waals surface area contributed by atoms with Crippen LogP contribution in [0.3, 0.4) is 0 Å². The highest BCUT2D eigenvalue weighted by Crippen LogP contribution is 2.10. The summed E-state index contributed by atoms with van der Waals surface area (Å²) in [5, 5.41) is 22.7. The molecule has 0 saturated carbocycles. The Labute approximate surface area is 103 Å². The van der Waals surface area contributed by atoms with E-state index in [1.807, 2.05) is 12.3 Å². The third-order valence-electron chi connectivity index (χ3n) is 2.18. The van der Waals surface area contributed by atoms with Gasteiger partial charge < -0.3 is 5.32 Å². The molecule has 0 aliphatic heterocycles. The Morgan fingerprint density at radius 3 is 3.12 bits per heavy atom. The van der Waals surface area contributed by atoms with Crippen LogP contribution in [0.5, 0.6) is 0 Å². The maximum atomic E-state index is 8.87. The van der Waals surface area contributed by atoms with E-state index in [0.717, 1.165) is 17.1 Å². The average Bonchev–Trinajstić information content (AvgIpc) is 2.76. The summed E-state index contributed by atoms with van der Waals surface area (Å²) in [4.78, 5) is 4.36. The summed E-state index contributed by atoms with van der Waals surface area (Å²) >= 11 is 1.64. The molecule has 2 rings (SSSR count). The van der Waals surface area contributed by atoms with Crippen molar-refractivity contribution in [1.82, 2.24) is 15.2 Å². The fourth-order valence-electron chi connectivity index (χ4n) is 1.38. The topological polar surface area (TPSA) is 74.5 Å². The Hall–Kier alpha value is -2.00. The molecule has 0 atom stereocenters. The molecule has 0 spiro atoms. The first-order valence-electron chi connectivity index (χ1n) is 5.16. The van der Waals surface area contributed by atoms with Gasteiger partial charge in [-0.1, -0.05) is 0 Å². The number of nitriles is 1. The molecule has 0 aliphatic rings. The lowest BCUT2D eigenvalue weighted by molar-refractivity contribution is 0.937. The van der Waals surface area contributed by atoms with Crippen molar-refractivity contribution in [3.63, 3.8) is 0 Å². The van der Waals surface area contributed by atoms with Crippen molar-refractivity contribution in [3.8, 4) is 6.07 Å². The number of hydrogen-bond acceptors (Lipinski definition) is 6. The molecule has 2 aromatic heterocycles. The lowest BCUT2D eigenvalue weighted by Gasteiger charge is -2.04. The zero-order valence-electron chi connectivity index (χ0n) is 9.34. The highest BCUT2D eigenvalue weighted by molar-refractivity contribution is 7.09.